The van der Waals surface area contributed by atoms with E-state index >= 15 is 0 Å². The standard InChI is InChI=1S/C9H19N3.2C2H6/c1-5-6-12(4)9(3)11-7-8(2)10;2*1-2/h7H,5-6,10H2,1-4H3;2*1-2H3/b8-7+,11-9?;;. The third-order valence-corrected chi connectivity index (χ3v) is 1.57. The highest BCUT2D eigenvalue weighted by molar-refractivity contribution is 5.79. The molecule has 0 saturated heterocycles. The van der Waals surface area contributed by atoms with E-state index in [2.05, 4.69) is 16.8 Å². The zero-order valence-electron chi connectivity index (χ0n) is 12.5. The van der Waals surface area contributed by atoms with Gasteiger partial charge >= 0.3 is 0 Å². The lowest BCUT2D eigenvalue weighted by Gasteiger charge is -2.16. The van der Waals surface area contributed by atoms with Crippen LogP contribution in [0.4, 0.5) is 0 Å². The highest BCUT2D eigenvalue weighted by Gasteiger charge is 1.95. The van der Waals surface area contributed by atoms with E-state index < -0.39 is 0 Å². The predicted octanol–water partition coefficient (Wildman–Crippen LogP) is 3.62. The second-order valence-electron chi connectivity index (χ2n) is 2.97. The van der Waals surface area contributed by atoms with Crippen LogP contribution in [0.25, 0.3) is 0 Å². The first-order valence-corrected chi connectivity index (χ1v) is 6.25. The monoisotopic (exact) mass is 229 g/mol. The molecular weight excluding hydrogens is 198 g/mol. The molecule has 0 fully saturated rings. The number of rotatable bonds is 3. The van der Waals surface area contributed by atoms with Crippen LogP contribution in [0.15, 0.2) is 16.9 Å². The Morgan fingerprint density at radius 1 is 1.19 bits per heavy atom. The number of hydrogen-bond donors (Lipinski definition) is 1. The molecular formula is C13H31N3. The number of nitrogens with zero attached hydrogens (tertiary/aromatic N) is 2. The van der Waals surface area contributed by atoms with Gasteiger partial charge in [0.15, 0.2) is 0 Å². The van der Waals surface area contributed by atoms with Crippen molar-refractivity contribution < 1.29 is 0 Å². The molecule has 0 aromatic rings. The van der Waals surface area contributed by atoms with E-state index in [4.69, 9.17) is 5.73 Å². The molecule has 0 aliphatic carbocycles. The highest BCUT2D eigenvalue weighted by Crippen LogP contribution is 1.91. The molecule has 0 aromatic carbocycles. The molecule has 0 heterocycles. The molecule has 2 N–H and O–H groups in total. The minimum absolute atomic E-state index is 0.735. The van der Waals surface area contributed by atoms with Crippen LogP contribution >= 0.6 is 0 Å². The van der Waals surface area contributed by atoms with Crippen molar-refractivity contribution in [3.8, 4) is 0 Å². The van der Waals surface area contributed by atoms with Crippen molar-refractivity contribution in [3.63, 3.8) is 0 Å². The fourth-order valence-corrected chi connectivity index (χ4v) is 0.791. The van der Waals surface area contributed by atoms with Crippen molar-refractivity contribution in [3.05, 3.63) is 11.9 Å². The maximum Gasteiger partial charge on any atom is 0.101 e. The highest BCUT2D eigenvalue weighted by atomic mass is 15.1. The predicted molar refractivity (Wildman–Crippen MR) is 76.7 cm³/mol. The molecule has 0 aliphatic heterocycles. The summed E-state index contributed by atoms with van der Waals surface area (Å²) in [5.41, 5.74) is 6.19. The van der Waals surface area contributed by atoms with Gasteiger partial charge in [0.1, 0.15) is 5.84 Å². The topological polar surface area (TPSA) is 41.6 Å². The molecule has 0 spiro atoms. The maximum atomic E-state index is 5.45. The second-order valence-corrected chi connectivity index (χ2v) is 2.97. The lowest BCUT2D eigenvalue weighted by molar-refractivity contribution is 0.498. The van der Waals surface area contributed by atoms with E-state index in [1.54, 1.807) is 6.20 Å². The number of allylic oxidation sites excluding steroid dienone is 1. The van der Waals surface area contributed by atoms with Crippen molar-refractivity contribution in [2.45, 2.75) is 54.9 Å². The first kappa shape index (κ1) is 20.4. The maximum absolute atomic E-state index is 5.45. The summed E-state index contributed by atoms with van der Waals surface area (Å²) in [6, 6.07) is 0. The molecule has 16 heavy (non-hydrogen) atoms. The Balaban J connectivity index is -0.000000376. The molecule has 0 saturated carbocycles. The average molecular weight is 229 g/mol. The molecule has 3 heteroatoms. The van der Waals surface area contributed by atoms with Crippen LogP contribution in [0.5, 0.6) is 0 Å². The summed E-state index contributed by atoms with van der Waals surface area (Å²) in [5.74, 6) is 1.00. The smallest absolute Gasteiger partial charge is 0.101 e. The normalized spacial score (nSPS) is 10.8. The third-order valence-electron chi connectivity index (χ3n) is 1.57. The van der Waals surface area contributed by atoms with Gasteiger partial charge in [-0.25, -0.2) is 4.99 Å². The van der Waals surface area contributed by atoms with Crippen LogP contribution in [0, 0.1) is 0 Å². The zero-order chi connectivity index (χ0) is 13.6. The summed E-state index contributed by atoms with van der Waals surface area (Å²) in [7, 11) is 2.03. The van der Waals surface area contributed by atoms with Crippen molar-refractivity contribution in [1.82, 2.24) is 4.90 Å². The lowest BCUT2D eigenvalue weighted by Crippen LogP contribution is -2.24. The summed E-state index contributed by atoms with van der Waals surface area (Å²) < 4.78 is 0. The number of nitrogens with two attached hydrogens (primary N) is 1. The molecule has 0 aromatic heterocycles. The summed E-state index contributed by atoms with van der Waals surface area (Å²) in [6.07, 6.45) is 2.82. The summed E-state index contributed by atoms with van der Waals surface area (Å²) in [6.45, 7) is 15.0. The van der Waals surface area contributed by atoms with Crippen LogP contribution in [-0.2, 0) is 0 Å². The first-order chi connectivity index (χ1) is 7.57. The fraction of sp³-hybridized carbons (Fsp3) is 0.769. The molecule has 0 unspecified atom stereocenters. The van der Waals surface area contributed by atoms with Crippen molar-refractivity contribution >= 4 is 5.84 Å². The van der Waals surface area contributed by atoms with E-state index in [9.17, 15) is 0 Å². The van der Waals surface area contributed by atoms with E-state index in [-0.39, 0.29) is 0 Å². The Kier molecular flexibility index (Phi) is 21.0. The van der Waals surface area contributed by atoms with Crippen molar-refractivity contribution in [2.75, 3.05) is 13.6 Å². The summed E-state index contributed by atoms with van der Waals surface area (Å²) in [5, 5.41) is 0. The van der Waals surface area contributed by atoms with Gasteiger partial charge < -0.3 is 10.6 Å². The van der Waals surface area contributed by atoms with Gasteiger partial charge in [0.25, 0.3) is 0 Å². The number of amidine groups is 1. The van der Waals surface area contributed by atoms with Crippen LogP contribution in [0.1, 0.15) is 54.9 Å². The first-order valence-electron chi connectivity index (χ1n) is 6.25. The van der Waals surface area contributed by atoms with Gasteiger partial charge in [-0.15, -0.1) is 0 Å². The molecule has 0 rings (SSSR count). The Morgan fingerprint density at radius 2 is 1.62 bits per heavy atom. The Morgan fingerprint density at radius 3 is 1.94 bits per heavy atom. The Hall–Kier alpha value is -0.990. The van der Waals surface area contributed by atoms with Crippen LogP contribution in [0.3, 0.4) is 0 Å². The van der Waals surface area contributed by atoms with Gasteiger partial charge in [-0.05, 0) is 20.3 Å². The van der Waals surface area contributed by atoms with Crippen LogP contribution in [-0.4, -0.2) is 24.3 Å². The lowest BCUT2D eigenvalue weighted by atomic mass is 10.4. The molecule has 0 aliphatic rings. The molecule has 0 radical (unpaired) electrons. The van der Waals surface area contributed by atoms with E-state index in [0.717, 1.165) is 24.5 Å². The summed E-state index contributed by atoms with van der Waals surface area (Å²) in [4.78, 5) is 6.31. The van der Waals surface area contributed by atoms with Gasteiger partial charge in [0, 0.05) is 25.5 Å². The molecule has 0 bridgehead atoms. The summed E-state index contributed by atoms with van der Waals surface area (Å²) >= 11 is 0. The van der Waals surface area contributed by atoms with Crippen molar-refractivity contribution in [1.29, 1.82) is 0 Å². The van der Waals surface area contributed by atoms with E-state index in [1.165, 1.54) is 0 Å². The largest absolute Gasteiger partial charge is 0.401 e. The van der Waals surface area contributed by atoms with E-state index in [1.807, 2.05) is 48.6 Å². The number of hydrogen-bond acceptors (Lipinski definition) is 2. The SMILES string of the molecule is CC.CC.CCCN(C)C(C)=N/C=C(\C)N. The Labute approximate surface area is 102 Å². The van der Waals surface area contributed by atoms with Gasteiger partial charge in [0.2, 0.25) is 0 Å². The van der Waals surface area contributed by atoms with Gasteiger partial charge in [-0.2, -0.15) is 0 Å². The fourth-order valence-electron chi connectivity index (χ4n) is 0.791. The molecule has 0 atom stereocenters. The minimum Gasteiger partial charge on any atom is -0.401 e. The minimum atomic E-state index is 0.735. The quantitative estimate of drug-likeness (QED) is 0.593. The molecule has 3 nitrogen and oxygen atoms in total. The van der Waals surface area contributed by atoms with Crippen molar-refractivity contribution in [2.24, 2.45) is 10.7 Å². The number of aliphatic imine (C=N–C) groups is 1. The van der Waals surface area contributed by atoms with Gasteiger partial charge in [0.05, 0.1) is 0 Å². The van der Waals surface area contributed by atoms with Gasteiger partial charge in [-0.1, -0.05) is 34.6 Å². The van der Waals surface area contributed by atoms with Gasteiger partial charge in [-0.3, -0.25) is 0 Å². The Bertz CT molecular complexity index is 180. The second kappa shape index (κ2) is 16.4. The van der Waals surface area contributed by atoms with Crippen LogP contribution in [0.2, 0.25) is 0 Å². The molecule has 98 valence electrons. The van der Waals surface area contributed by atoms with Crippen LogP contribution < -0.4 is 5.73 Å². The van der Waals surface area contributed by atoms with E-state index in [0.29, 0.717) is 0 Å². The zero-order valence-corrected chi connectivity index (χ0v) is 12.5. The third kappa shape index (κ3) is 15.5. The molecule has 0 amide bonds. The average Bonchev–Trinajstić information content (AvgIpc) is 2.31.